The molecule has 0 aromatic carbocycles. The van der Waals surface area contributed by atoms with Crippen molar-refractivity contribution in [2.75, 3.05) is 13.1 Å². The van der Waals surface area contributed by atoms with Crippen LogP contribution in [0.4, 0.5) is 0 Å². The third-order valence-corrected chi connectivity index (χ3v) is 0.144. The molecule has 0 spiro atoms. The number of hydrogen-bond acceptors (Lipinski definition) is 1. The van der Waals surface area contributed by atoms with Crippen molar-refractivity contribution in [3.63, 3.8) is 0 Å². The predicted molar refractivity (Wildman–Crippen MR) is 24.1 cm³/mol. The fraction of sp³-hybridized carbons (Fsp3) is 1.00. The molecule has 0 fully saturated rings. The summed E-state index contributed by atoms with van der Waals surface area (Å²) in [5.74, 6) is 0. The average molecular weight is 292 g/mol. The van der Waals surface area contributed by atoms with Gasteiger partial charge in [-0.2, -0.15) is 0 Å². The zero-order chi connectivity index (χ0) is 5.41. The SMILES string of the molecule is [Cl][Au].[NH-]CCN. The summed E-state index contributed by atoms with van der Waals surface area (Å²) < 4.78 is 0. The molecule has 44 valence electrons. The minimum Gasteiger partial charge on any atom is -0.676 e. The van der Waals surface area contributed by atoms with Crippen LogP contribution in [0.15, 0.2) is 0 Å². The van der Waals surface area contributed by atoms with E-state index in [1.807, 2.05) is 0 Å². The quantitative estimate of drug-likeness (QED) is 0.710. The molecule has 0 amide bonds. The minimum absolute atomic E-state index is 0.347. The molecule has 0 unspecified atom stereocenters. The Bertz CT molecular complexity index is 13.5. The van der Waals surface area contributed by atoms with Crippen LogP contribution in [0.1, 0.15) is 0 Å². The van der Waals surface area contributed by atoms with Gasteiger partial charge in [0.2, 0.25) is 0 Å². The Morgan fingerprint density at radius 3 is 1.83 bits per heavy atom. The van der Waals surface area contributed by atoms with Gasteiger partial charge in [-0.15, -0.1) is 6.54 Å². The van der Waals surface area contributed by atoms with Crippen molar-refractivity contribution in [1.82, 2.24) is 0 Å². The number of rotatable bonds is 1. The summed E-state index contributed by atoms with van der Waals surface area (Å²) in [6.45, 7) is 0.833. The van der Waals surface area contributed by atoms with Gasteiger partial charge < -0.3 is 11.5 Å². The Balaban J connectivity index is 0. The van der Waals surface area contributed by atoms with Crippen LogP contribution < -0.4 is 5.73 Å². The van der Waals surface area contributed by atoms with Crippen LogP contribution >= 0.6 is 9.19 Å². The molecule has 6 heavy (non-hydrogen) atoms. The summed E-state index contributed by atoms with van der Waals surface area (Å²) in [4.78, 5) is 0. The van der Waals surface area contributed by atoms with E-state index in [1.54, 1.807) is 20.0 Å². The van der Waals surface area contributed by atoms with Crippen molar-refractivity contribution >= 4 is 9.19 Å². The molecular weight excluding hydrogens is 284 g/mol. The third kappa shape index (κ3) is 20.3. The smallest absolute Gasteiger partial charge is 0.0268 e. The van der Waals surface area contributed by atoms with Crippen LogP contribution in [0.5, 0.6) is 0 Å². The van der Waals surface area contributed by atoms with E-state index in [2.05, 4.69) is 9.19 Å². The molecule has 4 heteroatoms. The maximum Gasteiger partial charge on any atom is -0.0268 e. The van der Waals surface area contributed by atoms with Gasteiger partial charge in [-0.25, -0.2) is 0 Å². The van der Waals surface area contributed by atoms with Crippen molar-refractivity contribution in [3.05, 3.63) is 5.73 Å². The molecule has 0 heterocycles. The van der Waals surface area contributed by atoms with Crippen molar-refractivity contribution in [1.29, 1.82) is 0 Å². The second-order valence-electron chi connectivity index (χ2n) is 0.539. The van der Waals surface area contributed by atoms with Crippen molar-refractivity contribution in [3.8, 4) is 0 Å². The van der Waals surface area contributed by atoms with Gasteiger partial charge in [-0.1, -0.05) is 0 Å². The van der Waals surface area contributed by atoms with Crippen LogP contribution in [-0.4, -0.2) is 13.1 Å². The van der Waals surface area contributed by atoms with Crippen LogP contribution in [-0.2, 0) is 20.0 Å². The molecule has 2 nitrogen and oxygen atoms in total. The Labute approximate surface area is 54.0 Å². The summed E-state index contributed by atoms with van der Waals surface area (Å²) >= 11 is 1.75. The standard InChI is InChI=1S/C2H7N2.Au.ClH/c3-1-2-4;;/h3H,1-2,4H2;;1H/q-1;+1;/p-1. The van der Waals surface area contributed by atoms with Gasteiger partial charge in [0, 0.05) is 0 Å². The second-order valence-corrected chi connectivity index (χ2v) is 0.539. The number of hydrogen-bond donors (Lipinski definition) is 1. The van der Waals surface area contributed by atoms with Gasteiger partial charge in [-0.3, -0.25) is 0 Å². The molecule has 0 rings (SSSR count). The topological polar surface area (TPSA) is 49.8 Å². The second kappa shape index (κ2) is 16.8. The van der Waals surface area contributed by atoms with Crippen molar-refractivity contribution in [2.24, 2.45) is 5.73 Å². The van der Waals surface area contributed by atoms with E-state index < -0.39 is 0 Å². The fourth-order valence-electron chi connectivity index (χ4n) is 0. The Morgan fingerprint density at radius 2 is 1.83 bits per heavy atom. The third-order valence-electron chi connectivity index (χ3n) is 0.144. The molecule has 0 saturated carbocycles. The largest absolute Gasteiger partial charge is 0.676 e. The van der Waals surface area contributed by atoms with Crippen LogP contribution in [0, 0.1) is 0 Å². The molecule has 0 aliphatic heterocycles. The van der Waals surface area contributed by atoms with Gasteiger partial charge >= 0.3 is 29.2 Å². The molecule has 0 aliphatic rings. The van der Waals surface area contributed by atoms with E-state index in [1.165, 1.54) is 0 Å². The molecule has 0 radical (unpaired) electrons. The molecule has 3 N–H and O–H groups in total. The van der Waals surface area contributed by atoms with Crippen LogP contribution in [0.3, 0.4) is 0 Å². The van der Waals surface area contributed by atoms with Gasteiger partial charge in [0.25, 0.3) is 0 Å². The predicted octanol–water partition coefficient (Wildman–Crippen LogP) is 0.684. The van der Waals surface area contributed by atoms with Crippen LogP contribution in [0.25, 0.3) is 5.73 Å². The summed E-state index contributed by atoms with van der Waals surface area (Å²) in [6, 6.07) is 0. The Hall–Kier alpha value is 0.950. The van der Waals surface area contributed by atoms with Gasteiger partial charge in [-0.05, 0) is 6.54 Å². The maximum absolute atomic E-state index is 6.33. The number of halogens is 1. The van der Waals surface area contributed by atoms with Crippen LogP contribution in [0.2, 0.25) is 0 Å². The molecule has 0 aliphatic carbocycles. The minimum atomic E-state index is 0.347. The monoisotopic (exact) mass is 291 g/mol. The summed E-state index contributed by atoms with van der Waals surface area (Å²) in [6.07, 6.45) is 0. The molecule has 0 aromatic rings. The zero-order valence-electron chi connectivity index (χ0n) is 3.17. The Morgan fingerprint density at radius 1 is 1.67 bits per heavy atom. The first-order valence-electron chi connectivity index (χ1n) is 1.38. The summed E-state index contributed by atoms with van der Waals surface area (Å²) in [5.41, 5.74) is 11.2. The van der Waals surface area contributed by atoms with E-state index in [0.29, 0.717) is 13.1 Å². The van der Waals surface area contributed by atoms with Gasteiger partial charge in [0.05, 0.1) is 0 Å². The number of nitrogens with one attached hydrogen (secondary N) is 1. The molecular formula is C2H7AuClN2-. The average Bonchev–Trinajstić information content (AvgIpc) is 1.72. The molecule has 0 aromatic heterocycles. The van der Waals surface area contributed by atoms with Gasteiger partial charge in [0.15, 0.2) is 0 Å². The zero-order valence-corrected chi connectivity index (χ0v) is 6.09. The van der Waals surface area contributed by atoms with E-state index in [-0.39, 0.29) is 0 Å². The van der Waals surface area contributed by atoms with Gasteiger partial charge in [0.1, 0.15) is 0 Å². The molecule has 0 atom stereocenters. The normalized spacial score (nSPS) is 6.17. The first-order valence-corrected chi connectivity index (χ1v) is 4.06. The van der Waals surface area contributed by atoms with Crippen molar-refractivity contribution < 1.29 is 20.0 Å². The number of nitrogens with two attached hydrogens (primary N) is 1. The van der Waals surface area contributed by atoms with E-state index in [0.717, 1.165) is 0 Å². The molecule has 0 saturated heterocycles. The molecule has 0 bridgehead atoms. The summed E-state index contributed by atoms with van der Waals surface area (Å²) in [7, 11) is 4.58. The summed E-state index contributed by atoms with van der Waals surface area (Å²) in [5, 5.41) is 0. The van der Waals surface area contributed by atoms with Crippen molar-refractivity contribution in [2.45, 2.75) is 0 Å². The Kier molecular flexibility index (Phi) is 28.0. The van der Waals surface area contributed by atoms with E-state index in [4.69, 9.17) is 11.5 Å². The maximum atomic E-state index is 6.33. The van der Waals surface area contributed by atoms with E-state index in [9.17, 15) is 0 Å². The van der Waals surface area contributed by atoms with E-state index >= 15 is 0 Å². The first-order chi connectivity index (χ1) is 2.91. The fourth-order valence-corrected chi connectivity index (χ4v) is 0. The first kappa shape index (κ1) is 10.0.